The summed E-state index contributed by atoms with van der Waals surface area (Å²) in [5.74, 6) is -1.49. The number of nitrogens with one attached hydrogen (secondary N) is 3. The van der Waals surface area contributed by atoms with Gasteiger partial charge < -0.3 is 15.4 Å². The van der Waals surface area contributed by atoms with Crippen LogP contribution >= 0.6 is 31.9 Å². The van der Waals surface area contributed by atoms with E-state index < -0.39 is 11.8 Å². The minimum atomic E-state index is -0.843. The summed E-state index contributed by atoms with van der Waals surface area (Å²) >= 11 is 6.78. The highest BCUT2D eigenvalue weighted by Crippen LogP contribution is 2.23. The van der Waals surface area contributed by atoms with E-state index in [0.717, 1.165) is 27.4 Å². The van der Waals surface area contributed by atoms with Gasteiger partial charge in [0.05, 0.1) is 6.21 Å². The topological polar surface area (TPSA) is 109 Å². The van der Waals surface area contributed by atoms with E-state index >= 15 is 0 Å². The number of hydrogen-bond acceptors (Lipinski definition) is 5. The van der Waals surface area contributed by atoms with Crippen LogP contribution in [0.5, 0.6) is 5.75 Å². The normalized spacial score (nSPS) is 13.0. The predicted octanol–water partition coefficient (Wildman–Crippen LogP) is 3.27. The fourth-order valence-corrected chi connectivity index (χ4v) is 3.13. The van der Waals surface area contributed by atoms with Gasteiger partial charge in [0.1, 0.15) is 5.75 Å². The van der Waals surface area contributed by atoms with Crippen molar-refractivity contribution in [1.82, 2.24) is 10.7 Å². The summed E-state index contributed by atoms with van der Waals surface area (Å²) in [6.45, 7) is 1.71. The van der Waals surface area contributed by atoms with E-state index in [2.05, 4.69) is 53.0 Å². The smallest absolute Gasteiger partial charge is 0.329 e. The van der Waals surface area contributed by atoms with Crippen LogP contribution in [0.1, 0.15) is 24.0 Å². The van der Waals surface area contributed by atoms with Crippen molar-refractivity contribution in [1.29, 1.82) is 0 Å². The SMILES string of the molecule is Cc1cc(NC(=O)COc2ccc(Br)cc2/C=N\NC(=O)C(=O)NC2CC2)ccc1Br. The van der Waals surface area contributed by atoms with Gasteiger partial charge >= 0.3 is 11.8 Å². The van der Waals surface area contributed by atoms with Crippen LogP contribution in [0, 0.1) is 6.92 Å². The number of hydrazone groups is 1. The van der Waals surface area contributed by atoms with E-state index in [1.807, 2.05) is 19.1 Å². The minimum Gasteiger partial charge on any atom is -0.483 e. The van der Waals surface area contributed by atoms with Crippen LogP contribution in [0.15, 0.2) is 50.4 Å². The number of halogens is 2. The first-order valence-electron chi connectivity index (χ1n) is 9.44. The van der Waals surface area contributed by atoms with Crippen molar-refractivity contribution in [2.24, 2.45) is 5.10 Å². The first-order valence-corrected chi connectivity index (χ1v) is 11.0. The first kappa shape index (κ1) is 23.0. The quantitative estimate of drug-likeness (QED) is 0.279. The highest BCUT2D eigenvalue weighted by molar-refractivity contribution is 9.10. The van der Waals surface area contributed by atoms with E-state index in [4.69, 9.17) is 4.74 Å². The van der Waals surface area contributed by atoms with E-state index in [1.165, 1.54) is 6.21 Å². The molecule has 10 heteroatoms. The van der Waals surface area contributed by atoms with Gasteiger partial charge in [0, 0.05) is 26.2 Å². The van der Waals surface area contributed by atoms with Crippen molar-refractivity contribution in [3.8, 4) is 5.75 Å². The number of aryl methyl sites for hydroxylation is 1. The van der Waals surface area contributed by atoms with Crippen molar-refractivity contribution in [2.45, 2.75) is 25.8 Å². The van der Waals surface area contributed by atoms with Crippen LogP contribution in [0.3, 0.4) is 0 Å². The van der Waals surface area contributed by atoms with Gasteiger partial charge in [-0.2, -0.15) is 5.10 Å². The average Bonchev–Trinajstić information content (AvgIpc) is 3.54. The Morgan fingerprint density at radius 2 is 1.90 bits per heavy atom. The standard InChI is InChI=1S/C21H20Br2N4O4/c1-12-8-16(5-6-17(12)23)25-19(28)11-31-18-7-2-14(22)9-13(18)10-24-27-21(30)20(29)26-15-3-4-15/h2,5-10,15H,3-4,11H2,1H3,(H,25,28)(H,26,29)(H,27,30)/b24-10-. The molecular formula is C21H20Br2N4O4. The molecule has 0 heterocycles. The summed E-state index contributed by atoms with van der Waals surface area (Å²) < 4.78 is 7.34. The van der Waals surface area contributed by atoms with Crippen LogP contribution in [-0.2, 0) is 14.4 Å². The summed E-state index contributed by atoms with van der Waals surface area (Å²) in [6.07, 6.45) is 3.12. The molecule has 0 saturated heterocycles. The molecule has 1 fully saturated rings. The Kier molecular flexibility index (Phi) is 7.80. The molecule has 1 aliphatic carbocycles. The Morgan fingerprint density at radius 3 is 2.61 bits per heavy atom. The third kappa shape index (κ3) is 7.18. The molecule has 0 unspecified atom stereocenters. The largest absolute Gasteiger partial charge is 0.483 e. The molecule has 0 atom stereocenters. The molecule has 1 aliphatic rings. The Morgan fingerprint density at radius 1 is 1.13 bits per heavy atom. The fraction of sp³-hybridized carbons (Fsp3) is 0.238. The molecule has 8 nitrogen and oxygen atoms in total. The van der Waals surface area contributed by atoms with Gasteiger partial charge in [0.2, 0.25) is 0 Å². The van der Waals surface area contributed by atoms with E-state index in [9.17, 15) is 14.4 Å². The van der Waals surface area contributed by atoms with Crippen molar-refractivity contribution in [3.63, 3.8) is 0 Å². The van der Waals surface area contributed by atoms with Gasteiger partial charge in [-0.1, -0.05) is 31.9 Å². The van der Waals surface area contributed by atoms with Crippen LogP contribution in [0.4, 0.5) is 5.69 Å². The van der Waals surface area contributed by atoms with Crippen LogP contribution in [0.25, 0.3) is 0 Å². The lowest BCUT2D eigenvalue weighted by atomic mass is 10.2. The summed E-state index contributed by atoms with van der Waals surface area (Å²) in [6, 6.07) is 10.7. The molecule has 3 N–H and O–H groups in total. The number of benzene rings is 2. The highest BCUT2D eigenvalue weighted by Gasteiger charge is 2.26. The molecule has 0 aromatic heterocycles. The number of ether oxygens (including phenoxy) is 1. The molecule has 1 saturated carbocycles. The zero-order valence-corrected chi connectivity index (χ0v) is 19.7. The van der Waals surface area contributed by atoms with Gasteiger partial charge in [-0.15, -0.1) is 0 Å². The van der Waals surface area contributed by atoms with Gasteiger partial charge in [0.25, 0.3) is 5.91 Å². The Labute approximate surface area is 196 Å². The number of anilines is 1. The summed E-state index contributed by atoms with van der Waals surface area (Å²) in [5, 5.41) is 9.16. The van der Waals surface area contributed by atoms with E-state index in [1.54, 1.807) is 24.3 Å². The third-order valence-electron chi connectivity index (χ3n) is 4.26. The van der Waals surface area contributed by atoms with Crippen LogP contribution in [-0.4, -0.2) is 36.6 Å². The number of carbonyl (C=O) groups excluding carboxylic acids is 3. The molecule has 0 aliphatic heterocycles. The van der Waals surface area contributed by atoms with E-state index in [-0.39, 0.29) is 18.6 Å². The Balaban J connectivity index is 1.57. The zero-order valence-electron chi connectivity index (χ0n) is 16.6. The molecule has 2 aromatic rings. The maximum absolute atomic E-state index is 12.2. The first-order chi connectivity index (χ1) is 14.8. The number of hydrogen-bond donors (Lipinski definition) is 3. The van der Waals surface area contributed by atoms with Gasteiger partial charge in [-0.3, -0.25) is 14.4 Å². The maximum Gasteiger partial charge on any atom is 0.329 e. The molecule has 0 spiro atoms. The zero-order chi connectivity index (χ0) is 22.4. The number of nitrogens with zero attached hydrogens (tertiary/aromatic N) is 1. The van der Waals surface area contributed by atoms with Crippen LogP contribution < -0.4 is 20.8 Å². The molecule has 31 heavy (non-hydrogen) atoms. The van der Waals surface area contributed by atoms with Gasteiger partial charge in [0.15, 0.2) is 6.61 Å². The number of amides is 3. The monoisotopic (exact) mass is 550 g/mol. The van der Waals surface area contributed by atoms with Crippen molar-refractivity contribution < 1.29 is 19.1 Å². The van der Waals surface area contributed by atoms with Crippen LogP contribution in [0.2, 0.25) is 0 Å². The number of rotatable bonds is 7. The molecule has 3 amide bonds. The molecule has 3 rings (SSSR count). The molecule has 162 valence electrons. The summed E-state index contributed by atoms with van der Waals surface area (Å²) in [4.78, 5) is 35.6. The molecular weight excluding hydrogens is 532 g/mol. The Hall–Kier alpha value is -2.72. The summed E-state index contributed by atoms with van der Waals surface area (Å²) in [5.41, 5.74) is 4.36. The Bertz CT molecular complexity index is 1040. The third-order valence-corrected chi connectivity index (χ3v) is 5.64. The second-order valence-corrected chi connectivity index (χ2v) is 8.70. The van der Waals surface area contributed by atoms with E-state index in [0.29, 0.717) is 17.0 Å². The predicted molar refractivity (Wildman–Crippen MR) is 124 cm³/mol. The maximum atomic E-state index is 12.2. The minimum absolute atomic E-state index is 0.0831. The summed E-state index contributed by atoms with van der Waals surface area (Å²) in [7, 11) is 0. The molecule has 2 aromatic carbocycles. The second kappa shape index (κ2) is 10.5. The lowest BCUT2D eigenvalue weighted by Gasteiger charge is -2.11. The lowest BCUT2D eigenvalue weighted by molar-refractivity contribution is -0.139. The second-order valence-electron chi connectivity index (χ2n) is 6.93. The lowest BCUT2D eigenvalue weighted by Crippen LogP contribution is -2.38. The van der Waals surface area contributed by atoms with Gasteiger partial charge in [-0.05, 0) is 61.7 Å². The fourth-order valence-electron chi connectivity index (χ4n) is 2.50. The van der Waals surface area contributed by atoms with Crippen molar-refractivity contribution in [3.05, 3.63) is 56.5 Å². The highest BCUT2D eigenvalue weighted by atomic mass is 79.9. The van der Waals surface area contributed by atoms with Crippen molar-refractivity contribution in [2.75, 3.05) is 11.9 Å². The van der Waals surface area contributed by atoms with Gasteiger partial charge in [-0.25, -0.2) is 5.43 Å². The average molecular weight is 552 g/mol. The van der Waals surface area contributed by atoms with Crippen molar-refractivity contribution >= 4 is 61.5 Å². The number of carbonyl (C=O) groups is 3. The molecule has 0 radical (unpaired) electrons. The molecule has 0 bridgehead atoms.